The number of rotatable bonds is 3. The van der Waals surface area contributed by atoms with Crippen molar-refractivity contribution in [1.82, 2.24) is 4.90 Å². The van der Waals surface area contributed by atoms with E-state index in [0.29, 0.717) is 6.10 Å². The van der Waals surface area contributed by atoms with Crippen molar-refractivity contribution in [1.29, 1.82) is 0 Å². The number of halogens is 2. The molecule has 0 amide bonds. The summed E-state index contributed by atoms with van der Waals surface area (Å²) < 4.78 is 18.6. The highest BCUT2D eigenvalue weighted by Crippen LogP contribution is 2.18. The minimum Gasteiger partial charge on any atom is -0.376 e. The summed E-state index contributed by atoms with van der Waals surface area (Å²) in [7, 11) is 0. The van der Waals surface area contributed by atoms with Crippen molar-refractivity contribution in [2.75, 3.05) is 19.7 Å². The van der Waals surface area contributed by atoms with E-state index in [1.807, 2.05) is 0 Å². The maximum absolute atomic E-state index is 13.0. The summed E-state index contributed by atoms with van der Waals surface area (Å²) in [5.74, 6) is -0.358. The Kier molecular flexibility index (Phi) is 4.37. The molecular weight excluding hydrogens is 241 g/mol. The summed E-state index contributed by atoms with van der Waals surface area (Å²) in [6, 6.07) is 4.92. The predicted octanol–water partition coefficient (Wildman–Crippen LogP) is 3.09. The average molecular weight is 258 g/mol. The van der Waals surface area contributed by atoms with Crippen LogP contribution in [0.3, 0.4) is 0 Å². The second-order valence-corrected chi connectivity index (χ2v) is 4.79. The van der Waals surface area contributed by atoms with Gasteiger partial charge in [-0.3, -0.25) is 4.90 Å². The lowest BCUT2D eigenvalue weighted by atomic mass is 10.1. The van der Waals surface area contributed by atoms with E-state index < -0.39 is 0 Å². The molecule has 1 aromatic rings. The van der Waals surface area contributed by atoms with E-state index in [9.17, 15) is 4.39 Å². The molecule has 1 aromatic carbocycles. The molecule has 94 valence electrons. The minimum absolute atomic E-state index is 0.197. The van der Waals surface area contributed by atoms with Crippen LogP contribution in [-0.2, 0) is 11.3 Å². The number of hydrogen-bond donors (Lipinski definition) is 0. The molecule has 4 heteroatoms. The highest BCUT2D eigenvalue weighted by Gasteiger charge is 2.18. The topological polar surface area (TPSA) is 12.5 Å². The van der Waals surface area contributed by atoms with Crippen LogP contribution in [0.15, 0.2) is 18.2 Å². The zero-order chi connectivity index (χ0) is 12.3. The molecule has 2 rings (SSSR count). The van der Waals surface area contributed by atoms with Crippen molar-refractivity contribution in [3.05, 3.63) is 34.6 Å². The molecule has 0 saturated carbocycles. The van der Waals surface area contributed by atoms with Gasteiger partial charge >= 0.3 is 0 Å². The van der Waals surface area contributed by atoms with Crippen LogP contribution in [0.2, 0.25) is 5.02 Å². The summed E-state index contributed by atoms with van der Waals surface area (Å²) in [5.41, 5.74) is 1.05. The average Bonchev–Trinajstić information content (AvgIpc) is 2.34. The van der Waals surface area contributed by atoms with Crippen LogP contribution in [-0.4, -0.2) is 30.7 Å². The molecule has 17 heavy (non-hydrogen) atoms. The third kappa shape index (κ3) is 3.41. The lowest BCUT2D eigenvalue weighted by Gasteiger charge is -2.32. The van der Waals surface area contributed by atoms with E-state index in [1.54, 1.807) is 12.1 Å². The SMILES string of the molecule is CC[C@H]1CN(Cc2ccc(F)c(Cl)c2)CCO1. The third-order valence-electron chi connectivity index (χ3n) is 3.07. The lowest BCUT2D eigenvalue weighted by molar-refractivity contribution is -0.0324. The Morgan fingerprint density at radius 2 is 2.35 bits per heavy atom. The zero-order valence-corrected chi connectivity index (χ0v) is 10.7. The Morgan fingerprint density at radius 1 is 1.53 bits per heavy atom. The van der Waals surface area contributed by atoms with Gasteiger partial charge in [-0.25, -0.2) is 4.39 Å². The van der Waals surface area contributed by atoms with Crippen molar-refractivity contribution in [3.63, 3.8) is 0 Å². The summed E-state index contributed by atoms with van der Waals surface area (Å²) in [5, 5.41) is 0.197. The standard InChI is InChI=1S/C13H17ClFNO/c1-2-11-9-16(5-6-17-11)8-10-3-4-13(15)12(14)7-10/h3-4,7,11H,2,5-6,8-9H2,1H3/t11-/m0/s1. The number of ether oxygens (including phenoxy) is 1. The highest BCUT2D eigenvalue weighted by atomic mass is 35.5. The molecule has 0 bridgehead atoms. The number of morpholine rings is 1. The predicted molar refractivity (Wildman–Crippen MR) is 66.7 cm³/mol. The molecule has 1 saturated heterocycles. The van der Waals surface area contributed by atoms with E-state index >= 15 is 0 Å². The first-order valence-electron chi connectivity index (χ1n) is 5.97. The highest BCUT2D eigenvalue weighted by molar-refractivity contribution is 6.30. The fourth-order valence-electron chi connectivity index (χ4n) is 2.07. The largest absolute Gasteiger partial charge is 0.376 e. The molecule has 1 aliphatic heterocycles. The van der Waals surface area contributed by atoms with Gasteiger partial charge in [0, 0.05) is 19.6 Å². The van der Waals surface area contributed by atoms with Crippen LogP contribution < -0.4 is 0 Å². The number of benzene rings is 1. The van der Waals surface area contributed by atoms with Crippen molar-refractivity contribution in [2.45, 2.75) is 26.0 Å². The molecule has 2 nitrogen and oxygen atoms in total. The van der Waals surface area contributed by atoms with Gasteiger partial charge in [-0.15, -0.1) is 0 Å². The fraction of sp³-hybridized carbons (Fsp3) is 0.538. The maximum Gasteiger partial charge on any atom is 0.141 e. The van der Waals surface area contributed by atoms with Crippen LogP contribution in [0, 0.1) is 5.82 Å². The van der Waals surface area contributed by atoms with Crippen LogP contribution in [0.25, 0.3) is 0 Å². The van der Waals surface area contributed by atoms with Crippen molar-refractivity contribution in [2.24, 2.45) is 0 Å². The normalized spacial score (nSPS) is 21.7. The molecule has 0 aliphatic carbocycles. The lowest BCUT2D eigenvalue weighted by Crippen LogP contribution is -2.41. The number of hydrogen-bond acceptors (Lipinski definition) is 2. The summed E-state index contributed by atoms with van der Waals surface area (Å²) in [6.45, 7) is 5.56. The van der Waals surface area contributed by atoms with Gasteiger partial charge in [0.2, 0.25) is 0 Å². The first-order chi connectivity index (χ1) is 8.19. The van der Waals surface area contributed by atoms with E-state index in [4.69, 9.17) is 16.3 Å². The molecule has 1 heterocycles. The van der Waals surface area contributed by atoms with Crippen LogP contribution in [0.4, 0.5) is 4.39 Å². The van der Waals surface area contributed by atoms with Gasteiger partial charge in [-0.1, -0.05) is 24.6 Å². The van der Waals surface area contributed by atoms with Crippen molar-refractivity contribution >= 4 is 11.6 Å². The Hall–Kier alpha value is -0.640. The Labute approximate surface area is 106 Å². The van der Waals surface area contributed by atoms with Crippen molar-refractivity contribution in [3.8, 4) is 0 Å². The molecule has 1 aliphatic rings. The Balaban J connectivity index is 1.97. The van der Waals surface area contributed by atoms with Gasteiger partial charge in [-0.2, -0.15) is 0 Å². The molecule has 1 fully saturated rings. The molecule has 0 unspecified atom stereocenters. The van der Waals surface area contributed by atoms with Gasteiger partial charge in [0.25, 0.3) is 0 Å². The summed E-state index contributed by atoms with van der Waals surface area (Å²) in [4.78, 5) is 2.32. The van der Waals surface area contributed by atoms with Gasteiger partial charge in [-0.05, 0) is 24.1 Å². The second-order valence-electron chi connectivity index (χ2n) is 4.38. The maximum atomic E-state index is 13.0. The summed E-state index contributed by atoms with van der Waals surface area (Å²) >= 11 is 5.77. The smallest absolute Gasteiger partial charge is 0.141 e. The molecule has 1 atom stereocenters. The molecule has 0 spiro atoms. The molecular formula is C13H17ClFNO. The summed E-state index contributed by atoms with van der Waals surface area (Å²) in [6.07, 6.45) is 1.35. The molecule has 0 aromatic heterocycles. The fourth-order valence-corrected chi connectivity index (χ4v) is 2.27. The first kappa shape index (κ1) is 12.8. The van der Waals surface area contributed by atoms with Gasteiger partial charge in [0.05, 0.1) is 17.7 Å². The second kappa shape index (κ2) is 5.80. The first-order valence-corrected chi connectivity index (χ1v) is 6.34. The monoisotopic (exact) mass is 257 g/mol. The van der Waals surface area contributed by atoms with Gasteiger partial charge < -0.3 is 4.74 Å². The van der Waals surface area contributed by atoms with Crippen LogP contribution in [0.1, 0.15) is 18.9 Å². The van der Waals surface area contributed by atoms with Crippen molar-refractivity contribution < 1.29 is 9.13 Å². The Bertz CT molecular complexity index is 386. The minimum atomic E-state index is -0.358. The quantitative estimate of drug-likeness (QED) is 0.825. The van der Waals surface area contributed by atoms with Crippen LogP contribution >= 0.6 is 11.6 Å². The zero-order valence-electron chi connectivity index (χ0n) is 9.96. The number of nitrogens with zero attached hydrogens (tertiary/aromatic N) is 1. The molecule has 0 radical (unpaired) electrons. The van der Waals surface area contributed by atoms with Crippen LogP contribution in [0.5, 0.6) is 0 Å². The van der Waals surface area contributed by atoms with E-state index in [2.05, 4.69) is 11.8 Å². The van der Waals surface area contributed by atoms with E-state index in [-0.39, 0.29) is 10.8 Å². The third-order valence-corrected chi connectivity index (χ3v) is 3.36. The molecule has 0 N–H and O–H groups in total. The van der Waals surface area contributed by atoms with E-state index in [0.717, 1.165) is 38.2 Å². The van der Waals surface area contributed by atoms with Gasteiger partial charge in [0.1, 0.15) is 5.82 Å². The Morgan fingerprint density at radius 3 is 3.06 bits per heavy atom. The van der Waals surface area contributed by atoms with Gasteiger partial charge in [0.15, 0.2) is 0 Å². The van der Waals surface area contributed by atoms with E-state index in [1.165, 1.54) is 6.07 Å².